The van der Waals surface area contributed by atoms with Gasteiger partial charge in [0.1, 0.15) is 24.8 Å². The van der Waals surface area contributed by atoms with E-state index in [1.54, 1.807) is 18.3 Å². The summed E-state index contributed by atoms with van der Waals surface area (Å²) in [6.07, 6.45) is 5.81. The SMILES string of the molecule is CCCC(C)(CCC)NOCc1cn2nc(OCc3c(F)cccc3OC(F)F)ccc2n1. The number of ether oxygens (including phenoxy) is 2. The van der Waals surface area contributed by atoms with Crippen LogP contribution in [0.4, 0.5) is 13.2 Å². The molecule has 1 aromatic carbocycles. The second-order valence-corrected chi connectivity index (χ2v) is 8.04. The number of nitrogens with zero attached hydrogens (tertiary/aromatic N) is 3. The minimum absolute atomic E-state index is 0.0957. The van der Waals surface area contributed by atoms with Crippen molar-refractivity contribution in [2.75, 3.05) is 0 Å². The molecule has 0 atom stereocenters. The highest BCUT2D eigenvalue weighted by Crippen LogP contribution is 2.25. The molecule has 10 heteroatoms. The first kappa shape index (κ1) is 24.8. The average Bonchev–Trinajstić information content (AvgIpc) is 3.15. The van der Waals surface area contributed by atoms with Crippen LogP contribution in [0.3, 0.4) is 0 Å². The van der Waals surface area contributed by atoms with Crippen molar-refractivity contribution >= 4 is 5.65 Å². The lowest BCUT2D eigenvalue weighted by Crippen LogP contribution is -2.41. The van der Waals surface area contributed by atoms with Gasteiger partial charge in [0.2, 0.25) is 5.88 Å². The van der Waals surface area contributed by atoms with E-state index < -0.39 is 12.4 Å². The first-order valence-corrected chi connectivity index (χ1v) is 10.9. The maximum absolute atomic E-state index is 14.1. The lowest BCUT2D eigenvalue weighted by Gasteiger charge is -2.29. The molecule has 1 N–H and O–H groups in total. The number of hydrogen-bond acceptors (Lipinski definition) is 6. The molecule has 2 heterocycles. The number of alkyl halides is 2. The van der Waals surface area contributed by atoms with Gasteiger partial charge < -0.3 is 9.47 Å². The van der Waals surface area contributed by atoms with E-state index in [2.05, 4.69) is 41.1 Å². The normalized spacial score (nSPS) is 12.0. The summed E-state index contributed by atoms with van der Waals surface area (Å²) in [5.41, 5.74) is 4.21. The predicted octanol–water partition coefficient (Wildman–Crippen LogP) is 5.43. The zero-order valence-corrected chi connectivity index (χ0v) is 19.0. The quantitative estimate of drug-likeness (QED) is 0.339. The number of imidazole rings is 1. The van der Waals surface area contributed by atoms with E-state index in [-0.39, 0.29) is 35.9 Å². The summed E-state index contributed by atoms with van der Waals surface area (Å²) in [6.45, 7) is 3.29. The van der Waals surface area contributed by atoms with Crippen molar-refractivity contribution in [1.82, 2.24) is 20.1 Å². The van der Waals surface area contributed by atoms with Gasteiger partial charge in [0.05, 0.1) is 17.5 Å². The number of benzene rings is 1. The van der Waals surface area contributed by atoms with Gasteiger partial charge in [0.25, 0.3) is 0 Å². The van der Waals surface area contributed by atoms with Crippen LogP contribution in [-0.2, 0) is 18.1 Å². The molecule has 0 spiro atoms. The van der Waals surface area contributed by atoms with Crippen molar-refractivity contribution in [2.45, 2.75) is 71.8 Å². The Hall–Kier alpha value is -2.85. The standard InChI is InChI=1S/C23H29F3N4O3/c1-4-11-23(3,12-5-2)29-32-14-16-13-30-20(27-16)9-10-21(28-30)31-15-17-18(24)7-6-8-19(17)33-22(25)26/h6-10,13,22,29H,4-5,11-12,14-15H2,1-3H3. The van der Waals surface area contributed by atoms with Gasteiger partial charge in [-0.3, -0.25) is 4.84 Å². The van der Waals surface area contributed by atoms with Gasteiger partial charge in [-0.2, -0.15) is 14.3 Å². The molecule has 0 aliphatic heterocycles. The van der Waals surface area contributed by atoms with Crippen LogP contribution in [0.15, 0.2) is 36.5 Å². The molecule has 0 saturated carbocycles. The minimum Gasteiger partial charge on any atom is -0.472 e. The van der Waals surface area contributed by atoms with Gasteiger partial charge in [-0.25, -0.2) is 13.9 Å². The van der Waals surface area contributed by atoms with Crippen LogP contribution in [0, 0.1) is 5.82 Å². The van der Waals surface area contributed by atoms with Gasteiger partial charge in [-0.15, -0.1) is 5.10 Å². The molecule has 3 rings (SSSR count). The van der Waals surface area contributed by atoms with E-state index >= 15 is 0 Å². The van der Waals surface area contributed by atoms with Gasteiger partial charge in [0.15, 0.2) is 5.65 Å². The summed E-state index contributed by atoms with van der Waals surface area (Å²) in [7, 11) is 0. The van der Waals surface area contributed by atoms with Crippen molar-refractivity contribution in [1.29, 1.82) is 0 Å². The van der Waals surface area contributed by atoms with Crippen LogP contribution < -0.4 is 15.0 Å². The number of fused-ring (bicyclic) bond motifs is 1. The topological polar surface area (TPSA) is 69.9 Å². The molecule has 33 heavy (non-hydrogen) atoms. The Balaban J connectivity index is 1.64. The zero-order valence-electron chi connectivity index (χ0n) is 19.0. The summed E-state index contributed by atoms with van der Waals surface area (Å²) >= 11 is 0. The monoisotopic (exact) mass is 466 g/mol. The molecule has 0 aliphatic carbocycles. The van der Waals surface area contributed by atoms with Crippen LogP contribution in [-0.4, -0.2) is 26.7 Å². The Morgan fingerprint density at radius 1 is 1.09 bits per heavy atom. The molecule has 7 nitrogen and oxygen atoms in total. The Kier molecular flexibility index (Phi) is 8.51. The van der Waals surface area contributed by atoms with E-state index in [4.69, 9.17) is 9.57 Å². The number of aromatic nitrogens is 3. The van der Waals surface area contributed by atoms with E-state index in [0.29, 0.717) is 11.3 Å². The second kappa shape index (κ2) is 11.3. The molecule has 0 aliphatic rings. The maximum Gasteiger partial charge on any atom is 0.387 e. The number of rotatable bonds is 13. The van der Waals surface area contributed by atoms with Crippen LogP contribution in [0.1, 0.15) is 57.7 Å². The third-order valence-electron chi connectivity index (χ3n) is 5.14. The summed E-state index contributed by atoms with van der Waals surface area (Å²) in [5.74, 6) is -0.809. The number of hydroxylamine groups is 1. The molecular formula is C23H29F3N4O3. The first-order chi connectivity index (χ1) is 15.8. The molecule has 3 aromatic rings. The third kappa shape index (κ3) is 6.82. The molecule has 0 unspecified atom stereocenters. The Labute approximate surface area is 190 Å². The molecule has 0 bridgehead atoms. The number of nitrogens with one attached hydrogen (secondary N) is 1. The molecule has 2 aromatic heterocycles. The van der Waals surface area contributed by atoms with Crippen molar-refractivity contribution in [2.24, 2.45) is 0 Å². The first-order valence-electron chi connectivity index (χ1n) is 10.9. The lowest BCUT2D eigenvalue weighted by molar-refractivity contribution is -0.0510. The van der Waals surface area contributed by atoms with Crippen molar-refractivity contribution in [3.63, 3.8) is 0 Å². The fourth-order valence-electron chi connectivity index (χ4n) is 3.71. The van der Waals surface area contributed by atoms with Crippen molar-refractivity contribution in [3.8, 4) is 11.6 Å². The molecule has 0 radical (unpaired) electrons. The molecule has 0 amide bonds. The van der Waals surface area contributed by atoms with E-state index in [9.17, 15) is 13.2 Å². The van der Waals surface area contributed by atoms with Gasteiger partial charge in [-0.1, -0.05) is 32.8 Å². The highest BCUT2D eigenvalue weighted by atomic mass is 19.3. The highest BCUT2D eigenvalue weighted by molar-refractivity contribution is 5.40. The summed E-state index contributed by atoms with van der Waals surface area (Å²) in [6, 6.07) is 6.95. The van der Waals surface area contributed by atoms with Crippen molar-refractivity contribution < 1.29 is 27.5 Å². The van der Waals surface area contributed by atoms with E-state index in [1.807, 2.05) is 0 Å². The zero-order chi connectivity index (χ0) is 23.8. The summed E-state index contributed by atoms with van der Waals surface area (Å²) in [5, 5.41) is 4.29. The van der Waals surface area contributed by atoms with Gasteiger partial charge in [0, 0.05) is 11.6 Å². The maximum atomic E-state index is 14.1. The third-order valence-corrected chi connectivity index (χ3v) is 5.14. The summed E-state index contributed by atoms with van der Waals surface area (Å²) in [4.78, 5) is 10.2. The van der Waals surface area contributed by atoms with Crippen LogP contribution >= 0.6 is 0 Å². The average molecular weight is 467 g/mol. The molecule has 180 valence electrons. The van der Waals surface area contributed by atoms with Crippen LogP contribution in [0.2, 0.25) is 0 Å². The number of hydrogen-bond donors (Lipinski definition) is 1. The molecular weight excluding hydrogens is 437 g/mol. The molecule has 0 saturated heterocycles. The highest BCUT2D eigenvalue weighted by Gasteiger charge is 2.22. The summed E-state index contributed by atoms with van der Waals surface area (Å²) < 4.78 is 50.7. The van der Waals surface area contributed by atoms with Crippen LogP contribution in [0.25, 0.3) is 5.65 Å². The van der Waals surface area contributed by atoms with E-state index in [1.165, 1.54) is 16.6 Å². The number of halogens is 3. The Morgan fingerprint density at radius 3 is 2.55 bits per heavy atom. The second-order valence-electron chi connectivity index (χ2n) is 8.04. The molecule has 0 fully saturated rings. The lowest BCUT2D eigenvalue weighted by atomic mass is 9.92. The van der Waals surface area contributed by atoms with Crippen LogP contribution in [0.5, 0.6) is 11.6 Å². The fourth-order valence-corrected chi connectivity index (χ4v) is 3.71. The van der Waals surface area contributed by atoms with Gasteiger partial charge in [-0.05, 0) is 38.0 Å². The predicted molar refractivity (Wildman–Crippen MR) is 116 cm³/mol. The van der Waals surface area contributed by atoms with Gasteiger partial charge >= 0.3 is 6.61 Å². The minimum atomic E-state index is -3.07. The van der Waals surface area contributed by atoms with E-state index in [0.717, 1.165) is 31.7 Å². The van der Waals surface area contributed by atoms with Crippen molar-refractivity contribution in [3.05, 3.63) is 53.6 Å². The largest absolute Gasteiger partial charge is 0.472 e. The Bertz CT molecular complexity index is 1040. The fraction of sp³-hybridized carbons (Fsp3) is 0.478. The Morgan fingerprint density at radius 2 is 1.85 bits per heavy atom. The smallest absolute Gasteiger partial charge is 0.387 e.